The average molecular weight is 351 g/mol. The molecule has 0 aliphatic heterocycles. The van der Waals surface area contributed by atoms with Crippen molar-refractivity contribution >= 4 is 29.6 Å². The third kappa shape index (κ3) is 4.13. The van der Waals surface area contributed by atoms with Crippen molar-refractivity contribution in [1.29, 1.82) is 0 Å². The van der Waals surface area contributed by atoms with E-state index in [1.54, 1.807) is 7.11 Å². The topological polar surface area (TPSA) is 68.3 Å². The molecule has 0 saturated carbocycles. The van der Waals surface area contributed by atoms with Gasteiger partial charge in [-0.25, -0.2) is 17.8 Å². The van der Waals surface area contributed by atoms with E-state index in [4.69, 9.17) is 4.74 Å². The molecule has 0 atom stereocenters. The minimum atomic E-state index is -3.54. The van der Waals surface area contributed by atoms with E-state index in [1.165, 1.54) is 6.20 Å². The maximum Gasteiger partial charge on any atom is 0.245 e. The molecule has 0 bridgehead atoms. The molecule has 0 radical (unpaired) electrons. The van der Waals surface area contributed by atoms with Gasteiger partial charge in [0.25, 0.3) is 0 Å². The van der Waals surface area contributed by atoms with Crippen molar-refractivity contribution in [2.45, 2.75) is 62.6 Å². The van der Waals surface area contributed by atoms with Crippen LogP contribution in [0.2, 0.25) is 18.1 Å². The quantitative estimate of drug-likeness (QED) is 0.827. The summed E-state index contributed by atoms with van der Waals surface area (Å²) >= 11 is 1.16. The van der Waals surface area contributed by atoms with E-state index < -0.39 is 23.9 Å². The Morgan fingerprint density at radius 1 is 1.24 bits per heavy atom. The minimum Gasteiger partial charge on any atom is -0.372 e. The molecule has 0 unspecified atom stereocenters. The van der Waals surface area contributed by atoms with Gasteiger partial charge in [0.2, 0.25) is 10.0 Å². The van der Waals surface area contributed by atoms with Crippen molar-refractivity contribution in [3.8, 4) is 0 Å². The Bertz CT molecular complexity index is 601. The number of nitrogens with one attached hydrogen (secondary N) is 1. The first-order chi connectivity index (χ1) is 9.23. The Morgan fingerprint density at radius 2 is 1.76 bits per heavy atom. The fourth-order valence-corrected chi connectivity index (χ4v) is 7.58. The van der Waals surface area contributed by atoms with E-state index in [-0.39, 0.29) is 9.25 Å². The van der Waals surface area contributed by atoms with Gasteiger partial charge in [0.1, 0.15) is 18.8 Å². The zero-order valence-electron chi connectivity index (χ0n) is 14.1. The van der Waals surface area contributed by atoms with Gasteiger partial charge in [-0.05, 0) is 18.9 Å². The second-order valence-electron chi connectivity index (χ2n) is 7.18. The smallest absolute Gasteiger partial charge is 0.245 e. The Morgan fingerprint density at radius 3 is 2.19 bits per heavy atom. The summed E-state index contributed by atoms with van der Waals surface area (Å²) in [6.45, 7) is 14.0. The predicted molar refractivity (Wildman–Crippen MR) is 89.7 cm³/mol. The van der Waals surface area contributed by atoms with Crippen LogP contribution in [0.1, 0.15) is 39.6 Å². The molecule has 0 saturated heterocycles. The number of hydrogen-bond donors (Lipinski definition) is 1. The molecule has 0 aliphatic rings. The van der Waals surface area contributed by atoms with E-state index in [0.29, 0.717) is 5.01 Å². The van der Waals surface area contributed by atoms with Crippen LogP contribution in [0, 0.1) is 0 Å². The van der Waals surface area contributed by atoms with Crippen molar-refractivity contribution in [3.05, 3.63) is 11.2 Å². The van der Waals surface area contributed by atoms with Gasteiger partial charge in [-0.2, -0.15) is 0 Å². The van der Waals surface area contributed by atoms with E-state index >= 15 is 0 Å². The monoisotopic (exact) mass is 350 g/mol. The molecule has 0 spiro atoms. The van der Waals surface area contributed by atoms with Crippen LogP contribution in [0.25, 0.3) is 0 Å². The summed E-state index contributed by atoms with van der Waals surface area (Å²) in [5.41, 5.74) is -0.588. The minimum absolute atomic E-state index is 0.0701. The van der Waals surface area contributed by atoms with Gasteiger partial charge in [0.15, 0.2) is 4.21 Å². The van der Waals surface area contributed by atoms with Gasteiger partial charge in [-0.1, -0.05) is 33.9 Å². The van der Waals surface area contributed by atoms with Gasteiger partial charge >= 0.3 is 0 Å². The van der Waals surface area contributed by atoms with Crippen molar-refractivity contribution in [1.82, 2.24) is 9.37 Å². The summed E-state index contributed by atoms with van der Waals surface area (Å²) < 4.78 is 33.7. The summed E-state index contributed by atoms with van der Waals surface area (Å²) in [5, 5.41) is 0.583. The molecule has 21 heavy (non-hydrogen) atoms. The Hall–Kier alpha value is -0.283. The van der Waals surface area contributed by atoms with E-state index in [0.717, 1.165) is 11.3 Å². The molecule has 0 aromatic carbocycles. The standard InChI is InChI=1S/C13H26N2O3S2Si/c1-12(2,3)21(7,8)15-20(16,17)10-9-14-11(19-10)13(4,5)18-6/h9,15H,1-8H3. The highest BCUT2D eigenvalue weighted by molar-refractivity contribution is 7.93. The molecule has 1 aromatic heterocycles. The van der Waals surface area contributed by atoms with Crippen LogP contribution in [0.4, 0.5) is 0 Å². The van der Waals surface area contributed by atoms with Gasteiger partial charge < -0.3 is 4.74 Å². The van der Waals surface area contributed by atoms with Crippen molar-refractivity contribution in [2.75, 3.05) is 7.11 Å². The zero-order valence-corrected chi connectivity index (χ0v) is 16.7. The van der Waals surface area contributed by atoms with Crippen molar-refractivity contribution in [2.24, 2.45) is 0 Å². The third-order valence-corrected chi connectivity index (χ3v) is 13.5. The van der Waals surface area contributed by atoms with Crippen LogP contribution in [0.3, 0.4) is 0 Å². The first kappa shape index (κ1) is 18.8. The van der Waals surface area contributed by atoms with Crippen molar-refractivity contribution < 1.29 is 13.2 Å². The number of aromatic nitrogens is 1. The molecular formula is C13H26N2O3S2Si. The molecule has 0 amide bonds. The second-order valence-corrected chi connectivity index (χ2v) is 15.5. The molecule has 122 valence electrons. The summed E-state index contributed by atoms with van der Waals surface area (Å²) in [7, 11) is -4.11. The lowest BCUT2D eigenvalue weighted by Crippen LogP contribution is -2.54. The summed E-state index contributed by atoms with van der Waals surface area (Å²) in [5.74, 6) is 0. The highest BCUT2D eigenvalue weighted by Gasteiger charge is 2.40. The summed E-state index contributed by atoms with van der Waals surface area (Å²) in [4.78, 5) is 4.21. The summed E-state index contributed by atoms with van der Waals surface area (Å²) in [6.07, 6.45) is 1.41. The number of hydrogen-bond acceptors (Lipinski definition) is 5. The molecule has 0 aliphatic carbocycles. The third-order valence-electron chi connectivity index (χ3n) is 4.04. The van der Waals surface area contributed by atoms with Crippen molar-refractivity contribution in [3.63, 3.8) is 0 Å². The fraction of sp³-hybridized carbons (Fsp3) is 0.769. The molecule has 1 N–H and O–H groups in total. The number of thiazole rings is 1. The van der Waals surface area contributed by atoms with Crippen LogP contribution in [-0.2, 0) is 20.4 Å². The number of rotatable bonds is 5. The van der Waals surface area contributed by atoms with Crippen LogP contribution in [-0.4, -0.2) is 28.7 Å². The molecule has 8 heteroatoms. The number of nitrogens with zero attached hydrogens (tertiary/aromatic N) is 1. The number of methoxy groups -OCH3 is 1. The summed E-state index contributed by atoms with van der Waals surface area (Å²) in [6, 6.07) is 0. The van der Waals surface area contributed by atoms with Gasteiger partial charge in [0.05, 0.1) is 6.20 Å². The highest BCUT2D eigenvalue weighted by Crippen LogP contribution is 2.36. The Balaban J connectivity index is 3.11. The molecule has 5 nitrogen and oxygen atoms in total. The molecule has 0 fully saturated rings. The maximum absolute atomic E-state index is 12.6. The van der Waals surface area contributed by atoms with Crippen LogP contribution < -0.4 is 4.39 Å². The number of sulfonamides is 1. The lowest BCUT2D eigenvalue weighted by Gasteiger charge is -2.36. The normalized spacial score (nSPS) is 14.5. The predicted octanol–water partition coefficient (Wildman–Crippen LogP) is 3.31. The Labute approximate surface area is 133 Å². The highest BCUT2D eigenvalue weighted by atomic mass is 32.2. The van der Waals surface area contributed by atoms with E-state index in [9.17, 15) is 8.42 Å². The second kappa shape index (κ2) is 5.73. The van der Waals surface area contributed by atoms with Gasteiger partial charge in [-0.15, -0.1) is 11.3 Å². The zero-order chi connectivity index (χ0) is 16.7. The first-order valence-electron chi connectivity index (χ1n) is 6.78. The lowest BCUT2D eigenvalue weighted by atomic mass is 10.1. The lowest BCUT2D eigenvalue weighted by molar-refractivity contribution is 0.0190. The van der Waals surface area contributed by atoms with Gasteiger partial charge in [0, 0.05) is 7.11 Å². The molecule has 1 heterocycles. The average Bonchev–Trinajstić information content (AvgIpc) is 2.76. The maximum atomic E-state index is 12.6. The SMILES string of the molecule is COC(C)(C)c1ncc(S(=O)(=O)N[Si](C)(C)C(C)(C)C)s1. The Kier molecular flexibility index (Phi) is 5.12. The van der Waals surface area contributed by atoms with E-state index in [2.05, 4.69) is 30.1 Å². The van der Waals surface area contributed by atoms with Gasteiger partial charge in [-0.3, -0.25) is 0 Å². The first-order valence-corrected chi connectivity index (χ1v) is 12.1. The fourth-order valence-electron chi connectivity index (χ4n) is 1.29. The van der Waals surface area contributed by atoms with Crippen LogP contribution in [0.5, 0.6) is 0 Å². The molecular weight excluding hydrogens is 324 g/mol. The molecule has 1 rings (SSSR count). The van der Waals surface area contributed by atoms with E-state index in [1.807, 2.05) is 26.9 Å². The van der Waals surface area contributed by atoms with Crippen LogP contribution >= 0.6 is 11.3 Å². The number of ether oxygens (including phenoxy) is 1. The largest absolute Gasteiger partial charge is 0.372 e. The van der Waals surface area contributed by atoms with Crippen LogP contribution in [0.15, 0.2) is 10.4 Å². The molecule has 1 aromatic rings.